The van der Waals surface area contributed by atoms with Crippen LogP contribution in [0.4, 0.5) is 4.39 Å². The van der Waals surface area contributed by atoms with Gasteiger partial charge in [-0.05, 0) is 26.8 Å². The van der Waals surface area contributed by atoms with Crippen molar-refractivity contribution in [1.29, 1.82) is 0 Å². The molecule has 4 nitrogen and oxygen atoms in total. The Hall–Kier alpha value is -1.20. The molecule has 0 saturated heterocycles. The smallest absolute Gasteiger partial charge is 0.250 e. The van der Waals surface area contributed by atoms with E-state index in [1.165, 1.54) is 0 Å². The summed E-state index contributed by atoms with van der Waals surface area (Å²) in [7, 11) is 0. The molecule has 0 aromatic carbocycles. The van der Waals surface area contributed by atoms with E-state index in [0.29, 0.717) is 24.8 Å². The molecule has 0 aliphatic carbocycles. The number of aromatic nitrogens is 1. The lowest BCUT2D eigenvalue weighted by atomic mass is 10.2. The lowest BCUT2D eigenvalue weighted by Gasteiger charge is -2.19. The molecular weight excluding hydrogens is 259 g/mol. The van der Waals surface area contributed by atoms with E-state index >= 15 is 0 Å². The number of halogens is 1. The van der Waals surface area contributed by atoms with Crippen LogP contribution in [0.2, 0.25) is 0 Å². The zero-order chi connectivity index (χ0) is 15.2. The van der Waals surface area contributed by atoms with Crippen molar-refractivity contribution < 1.29 is 13.9 Å². The van der Waals surface area contributed by atoms with Gasteiger partial charge in [-0.15, -0.1) is 0 Å². The van der Waals surface area contributed by atoms with E-state index in [1.54, 1.807) is 12.3 Å². The fourth-order valence-electron chi connectivity index (χ4n) is 1.50. The van der Waals surface area contributed by atoms with Gasteiger partial charge in [0, 0.05) is 24.3 Å². The van der Waals surface area contributed by atoms with Gasteiger partial charge in [0.1, 0.15) is 6.61 Å². The highest BCUT2D eigenvalue weighted by molar-refractivity contribution is 5.23. The second-order valence-electron chi connectivity index (χ2n) is 5.93. The highest BCUT2D eigenvalue weighted by Gasteiger charge is 2.13. The summed E-state index contributed by atoms with van der Waals surface area (Å²) in [5.41, 5.74) is 0.332. The van der Waals surface area contributed by atoms with Crippen LogP contribution in [0.25, 0.3) is 0 Å². The summed E-state index contributed by atoms with van der Waals surface area (Å²) >= 11 is 0. The minimum atomic E-state index is -0.406. The summed E-state index contributed by atoms with van der Waals surface area (Å²) in [6, 6.07) is 1.95. The van der Waals surface area contributed by atoms with Gasteiger partial charge in [-0.2, -0.15) is 0 Å². The predicted octanol–water partition coefficient (Wildman–Crippen LogP) is 2.91. The Morgan fingerprint density at radius 1 is 1.30 bits per heavy atom. The number of nitrogens with one attached hydrogen (secondary N) is 1. The molecule has 0 saturated carbocycles. The number of rotatable bonds is 7. The third kappa shape index (κ3) is 6.30. The molecule has 5 heteroatoms. The van der Waals surface area contributed by atoms with Crippen LogP contribution < -0.4 is 10.1 Å². The monoisotopic (exact) mass is 284 g/mol. The van der Waals surface area contributed by atoms with Crippen molar-refractivity contribution in [2.45, 2.75) is 52.8 Å². The summed E-state index contributed by atoms with van der Waals surface area (Å²) in [5.74, 6) is -0.373. The van der Waals surface area contributed by atoms with Crippen LogP contribution in [0.15, 0.2) is 12.3 Å². The van der Waals surface area contributed by atoms with Crippen LogP contribution in [0.1, 0.15) is 40.2 Å². The second-order valence-corrected chi connectivity index (χ2v) is 5.93. The Bertz CT molecular complexity index is 417. The van der Waals surface area contributed by atoms with Crippen molar-refractivity contribution in [2.24, 2.45) is 0 Å². The van der Waals surface area contributed by atoms with E-state index in [-0.39, 0.29) is 18.1 Å². The van der Waals surface area contributed by atoms with E-state index in [2.05, 4.69) is 10.3 Å². The highest BCUT2D eigenvalue weighted by atomic mass is 19.1. The van der Waals surface area contributed by atoms with Gasteiger partial charge >= 0.3 is 0 Å². The van der Waals surface area contributed by atoms with Crippen LogP contribution in [-0.4, -0.2) is 29.8 Å². The maximum absolute atomic E-state index is 14.1. The molecule has 0 aliphatic rings. The van der Waals surface area contributed by atoms with Gasteiger partial charge in [0.2, 0.25) is 0 Å². The zero-order valence-corrected chi connectivity index (χ0v) is 13.0. The molecule has 1 N–H and O–H groups in total. The molecule has 0 aliphatic heterocycles. The Morgan fingerprint density at radius 2 is 2.00 bits per heavy atom. The lowest BCUT2D eigenvalue weighted by Crippen LogP contribution is -2.23. The molecular formula is C15H25FN2O2. The first-order valence-electron chi connectivity index (χ1n) is 6.93. The van der Waals surface area contributed by atoms with Gasteiger partial charge < -0.3 is 14.8 Å². The van der Waals surface area contributed by atoms with E-state index in [9.17, 15) is 4.39 Å². The van der Waals surface area contributed by atoms with Crippen molar-refractivity contribution >= 4 is 0 Å². The van der Waals surface area contributed by atoms with Crippen molar-refractivity contribution in [1.82, 2.24) is 10.3 Å². The van der Waals surface area contributed by atoms with Gasteiger partial charge in [0.05, 0.1) is 12.2 Å². The normalized spacial score (nSPS) is 11.9. The molecule has 0 unspecified atom stereocenters. The number of pyridine rings is 1. The number of hydrogen-bond donors (Lipinski definition) is 1. The van der Waals surface area contributed by atoms with Crippen LogP contribution in [0.5, 0.6) is 5.88 Å². The summed E-state index contributed by atoms with van der Waals surface area (Å²) in [6.07, 6.45) is 1.56. The van der Waals surface area contributed by atoms with E-state index < -0.39 is 5.82 Å². The van der Waals surface area contributed by atoms with Gasteiger partial charge in [0.25, 0.3) is 5.88 Å². The van der Waals surface area contributed by atoms with Gasteiger partial charge in [-0.1, -0.05) is 13.8 Å². The van der Waals surface area contributed by atoms with E-state index in [0.717, 1.165) is 0 Å². The maximum atomic E-state index is 14.1. The fourth-order valence-corrected chi connectivity index (χ4v) is 1.50. The van der Waals surface area contributed by atoms with Crippen molar-refractivity contribution in [3.63, 3.8) is 0 Å². The molecule has 0 bridgehead atoms. The summed E-state index contributed by atoms with van der Waals surface area (Å²) in [6.45, 7) is 11.1. The molecule has 1 rings (SSSR count). The summed E-state index contributed by atoms with van der Waals surface area (Å²) < 4.78 is 25.0. The van der Waals surface area contributed by atoms with Crippen molar-refractivity contribution in [2.75, 3.05) is 13.2 Å². The molecule has 0 radical (unpaired) electrons. The zero-order valence-electron chi connectivity index (χ0n) is 13.0. The molecule has 1 heterocycles. The molecule has 1 aromatic rings. The average Bonchev–Trinajstić information content (AvgIpc) is 2.33. The third-order valence-corrected chi connectivity index (χ3v) is 2.50. The SMILES string of the molecule is CC(C)NCc1ccnc(OCCOC(C)(C)C)c1F. The number of ether oxygens (including phenoxy) is 2. The van der Waals surface area contributed by atoms with Crippen LogP contribution in [0.3, 0.4) is 0 Å². The third-order valence-electron chi connectivity index (χ3n) is 2.50. The van der Waals surface area contributed by atoms with Crippen LogP contribution >= 0.6 is 0 Å². The Labute approximate surface area is 120 Å². The highest BCUT2D eigenvalue weighted by Crippen LogP contribution is 2.17. The quantitative estimate of drug-likeness (QED) is 0.782. The first-order chi connectivity index (χ1) is 9.29. The molecule has 0 fully saturated rings. The first-order valence-corrected chi connectivity index (χ1v) is 6.93. The standard InChI is InChI=1S/C15H25FN2O2/c1-11(2)18-10-12-6-7-17-14(13(12)16)19-8-9-20-15(3,4)5/h6-7,11,18H,8-10H2,1-5H3. The molecule has 0 spiro atoms. The van der Waals surface area contributed by atoms with E-state index in [4.69, 9.17) is 9.47 Å². The van der Waals surface area contributed by atoms with Crippen molar-refractivity contribution in [3.8, 4) is 5.88 Å². The Balaban J connectivity index is 2.52. The van der Waals surface area contributed by atoms with Gasteiger partial charge in [-0.3, -0.25) is 0 Å². The maximum Gasteiger partial charge on any atom is 0.250 e. The van der Waals surface area contributed by atoms with Crippen LogP contribution in [-0.2, 0) is 11.3 Å². The largest absolute Gasteiger partial charge is 0.473 e. The summed E-state index contributed by atoms with van der Waals surface area (Å²) in [4.78, 5) is 3.92. The molecule has 0 amide bonds. The molecule has 114 valence electrons. The summed E-state index contributed by atoms with van der Waals surface area (Å²) in [5, 5.41) is 3.17. The minimum Gasteiger partial charge on any atom is -0.473 e. The second kappa shape index (κ2) is 7.55. The van der Waals surface area contributed by atoms with Gasteiger partial charge in [0.15, 0.2) is 5.82 Å². The Kier molecular flexibility index (Phi) is 6.36. The molecule has 20 heavy (non-hydrogen) atoms. The molecule has 0 atom stereocenters. The first kappa shape index (κ1) is 16.9. The minimum absolute atomic E-state index is 0.0329. The predicted molar refractivity (Wildman–Crippen MR) is 77.4 cm³/mol. The topological polar surface area (TPSA) is 43.4 Å². The fraction of sp³-hybridized carbons (Fsp3) is 0.667. The van der Waals surface area contributed by atoms with Crippen molar-refractivity contribution in [3.05, 3.63) is 23.6 Å². The van der Waals surface area contributed by atoms with E-state index in [1.807, 2.05) is 34.6 Å². The number of nitrogens with zero attached hydrogens (tertiary/aromatic N) is 1. The average molecular weight is 284 g/mol. The van der Waals surface area contributed by atoms with Crippen LogP contribution in [0, 0.1) is 5.82 Å². The Morgan fingerprint density at radius 3 is 2.60 bits per heavy atom. The number of hydrogen-bond acceptors (Lipinski definition) is 4. The lowest BCUT2D eigenvalue weighted by molar-refractivity contribution is -0.0172. The van der Waals surface area contributed by atoms with Gasteiger partial charge in [-0.25, -0.2) is 9.37 Å². The molecule has 1 aromatic heterocycles.